The van der Waals surface area contributed by atoms with Gasteiger partial charge in [-0.1, -0.05) is 11.8 Å². The minimum absolute atomic E-state index is 0.0207. The first-order valence-corrected chi connectivity index (χ1v) is 12.1. The number of alkyl carbamates (subject to hydrolysis) is 1. The standard InChI is InChI=1S/C23H28F5N3O4S/c1-12-7-15-17(9-24)36-19(30-20(33)35-21(2,3)4)31-22(15,11-34-12)14-8-13(5-6-16(14)25)18(32)29-10-23(26,27)28/h5-6,8,12,15,17H,7,9-11H2,1-4H3,(H,29,32)(H,30,31,33)/t12-,15-,17+,22+/m0/s1. The Balaban J connectivity index is 2.05. The number of amidine groups is 1. The minimum Gasteiger partial charge on any atom is -0.444 e. The summed E-state index contributed by atoms with van der Waals surface area (Å²) in [7, 11) is 0. The Kier molecular flexibility index (Phi) is 8.23. The molecular weight excluding hydrogens is 509 g/mol. The van der Waals surface area contributed by atoms with Crippen molar-refractivity contribution in [2.24, 2.45) is 10.9 Å². The van der Waals surface area contributed by atoms with Gasteiger partial charge >= 0.3 is 12.3 Å². The van der Waals surface area contributed by atoms with Gasteiger partial charge in [-0.25, -0.2) is 18.6 Å². The summed E-state index contributed by atoms with van der Waals surface area (Å²) in [4.78, 5) is 29.3. The van der Waals surface area contributed by atoms with Gasteiger partial charge in [0, 0.05) is 22.3 Å². The van der Waals surface area contributed by atoms with E-state index in [9.17, 15) is 27.2 Å². The summed E-state index contributed by atoms with van der Waals surface area (Å²) in [6, 6.07) is 3.11. The molecule has 1 fully saturated rings. The van der Waals surface area contributed by atoms with Crippen molar-refractivity contribution >= 4 is 28.9 Å². The average molecular weight is 538 g/mol. The molecule has 1 aromatic carbocycles. The highest BCUT2D eigenvalue weighted by atomic mass is 32.2. The number of thioether (sulfide) groups is 1. The smallest absolute Gasteiger partial charge is 0.413 e. The lowest BCUT2D eigenvalue weighted by atomic mass is 9.72. The van der Waals surface area contributed by atoms with Crippen molar-refractivity contribution in [1.82, 2.24) is 10.6 Å². The van der Waals surface area contributed by atoms with Crippen LogP contribution in [-0.4, -0.2) is 60.1 Å². The lowest BCUT2D eigenvalue weighted by Gasteiger charge is -2.49. The molecule has 2 aliphatic rings. The van der Waals surface area contributed by atoms with Crippen LogP contribution in [0.2, 0.25) is 0 Å². The molecule has 2 amide bonds. The van der Waals surface area contributed by atoms with Gasteiger partial charge in [-0.2, -0.15) is 13.2 Å². The zero-order valence-electron chi connectivity index (χ0n) is 20.2. The fourth-order valence-electron chi connectivity index (χ4n) is 4.21. The fraction of sp³-hybridized carbons (Fsp3) is 0.609. The van der Waals surface area contributed by atoms with E-state index in [1.165, 1.54) is 0 Å². The number of fused-ring (bicyclic) bond motifs is 1. The van der Waals surface area contributed by atoms with Crippen LogP contribution in [-0.2, 0) is 15.0 Å². The third-order valence-corrected chi connectivity index (χ3v) is 6.88. The summed E-state index contributed by atoms with van der Waals surface area (Å²) in [6.07, 6.45) is -5.47. The molecule has 2 heterocycles. The van der Waals surface area contributed by atoms with Crippen molar-refractivity contribution in [3.63, 3.8) is 0 Å². The van der Waals surface area contributed by atoms with E-state index in [4.69, 9.17) is 9.47 Å². The van der Waals surface area contributed by atoms with Gasteiger partial charge in [-0.3, -0.25) is 10.1 Å². The maximum atomic E-state index is 15.2. The number of hydrogen-bond acceptors (Lipinski definition) is 6. The summed E-state index contributed by atoms with van der Waals surface area (Å²) < 4.78 is 78.2. The van der Waals surface area contributed by atoms with Gasteiger partial charge in [0.25, 0.3) is 5.91 Å². The van der Waals surface area contributed by atoms with E-state index >= 15 is 4.39 Å². The Morgan fingerprint density at radius 2 is 1.97 bits per heavy atom. The Hall–Kier alpha value is -2.41. The summed E-state index contributed by atoms with van der Waals surface area (Å²) >= 11 is 0.975. The molecule has 2 N–H and O–H groups in total. The molecule has 0 unspecified atom stereocenters. The minimum atomic E-state index is -4.63. The molecular formula is C23H28F5N3O4S. The molecule has 200 valence electrons. The molecule has 13 heteroatoms. The zero-order chi connectivity index (χ0) is 26.9. The van der Waals surface area contributed by atoms with Crippen molar-refractivity contribution in [1.29, 1.82) is 0 Å². The third-order valence-electron chi connectivity index (χ3n) is 5.70. The molecule has 4 atom stereocenters. The van der Waals surface area contributed by atoms with Crippen LogP contribution in [0.3, 0.4) is 0 Å². The molecule has 0 saturated carbocycles. The van der Waals surface area contributed by atoms with Gasteiger partial charge in [0.2, 0.25) is 0 Å². The van der Waals surface area contributed by atoms with Crippen molar-refractivity contribution < 1.29 is 41.0 Å². The second-order valence-corrected chi connectivity index (χ2v) is 11.0. The fourth-order valence-corrected chi connectivity index (χ4v) is 5.42. The topological polar surface area (TPSA) is 89.0 Å². The molecule has 0 radical (unpaired) electrons. The summed E-state index contributed by atoms with van der Waals surface area (Å²) in [6.45, 7) is 4.17. The van der Waals surface area contributed by atoms with Gasteiger partial charge in [-0.15, -0.1) is 0 Å². The van der Waals surface area contributed by atoms with Crippen molar-refractivity contribution in [2.75, 3.05) is 19.8 Å². The van der Waals surface area contributed by atoms with E-state index < -0.39 is 59.5 Å². The number of carbonyl (C=O) groups excluding carboxylic acids is 2. The van der Waals surface area contributed by atoms with Crippen LogP contribution in [0.25, 0.3) is 0 Å². The number of ether oxygens (including phenoxy) is 2. The lowest BCUT2D eigenvalue weighted by molar-refractivity contribution is -0.123. The average Bonchev–Trinajstić information content (AvgIpc) is 2.75. The van der Waals surface area contributed by atoms with E-state index in [1.807, 2.05) is 0 Å². The van der Waals surface area contributed by atoms with Gasteiger partial charge < -0.3 is 14.8 Å². The number of amides is 2. The SMILES string of the molecule is C[C@H]1C[C@H]2[C@@H](CF)SC(NC(=O)OC(C)(C)C)=N[C@@]2(c2cc(C(=O)NCC(F)(F)F)ccc2F)CO1. The number of aliphatic imine (C=N–C) groups is 1. The number of alkyl halides is 4. The monoisotopic (exact) mass is 537 g/mol. The predicted octanol–water partition coefficient (Wildman–Crippen LogP) is 4.70. The maximum Gasteiger partial charge on any atom is 0.413 e. The van der Waals surface area contributed by atoms with Gasteiger partial charge in [-0.05, 0) is 52.3 Å². The quantitative estimate of drug-likeness (QED) is 0.544. The highest BCUT2D eigenvalue weighted by Gasteiger charge is 2.53. The van der Waals surface area contributed by atoms with E-state index in [0.29, 0.717) is 6.42 Å². The van der Waals surface area contributed by atoms with E-state index in [1.54, 1.807) is 33.0 Å². The second kappa shape index (κ2) is 10.5. The predicted molar refractivity (Wildman–Crippen MR) is 124 cm³/mol. The van der Waals surface area contributed by atoms with Crippen LogP contribution in [0, 0.1) is 11.7 Å². The van der Waals surface area contributed by atoms with Crippen molar-refractivity contribution in [2.45, 2.75) is 62.8 Å². The Morgan fingerprint density at radius 1 is 1.28 bits per heavy atom. The van der Waals surface area contributed by atoms with Crippen LogP contribution in [0.5, 0.6) is 0 Å². The van der Waals surface area contributed by atoms with Crippen molar-refractivity contribution in [3.8, 4) is 0 Å². The molecule has 7 nitrogen and oxygen atoms in total. The molecule has 0 aliphatic carbocycles. The molecule has 0 bridgehead atoms. The number of rotatable bonds is 4. The highest BCUT2D eigenvalue weighted by Crippen LogP contribution is 2.50. The van der Waals surface area contributed by atoms with Crippen LogP contribution < -0.4 is 10.6 Å². The van der Waals surface area contributed by atoms with E-state index in [0.717, 1.165) is 30.0 Å². The summed E-state index contributed by atoms with van der Waals surface area (Å²) in [5, 5.41) is 3.46. The molecule has 3 rings (SSSR count). The van der Waals surface area contributed by atoms with Gasteiger partial charge in [0.15, 0.2) is 5.17 Å². The molecule has 36 heavy (non-hydrogen) atoms. The number of carbonyl (C=O) groups is 2. The van der Waals surface area contributed by atoms with E-state index in [-0.39, 0.29) is 29.0 Å². The first kappa shape index (κ1) is 28.2. The normalized spacial score (nSPS) is 26.5. The number of benzene rings is 1. The van der Waals surface area contributed by atoms with Crippen LogP contribution in [0.15, 0.2) is 23.2 Å². The largest absolute Gasteiger partial charge is 0.444 e. The number of nitrogens with zero attached hydrogens (tertiary/aromatic N) is 1. The van der Waals surface area contributed by atoms with Crippen LogP contribution >= 0.6 is 11.8 Å². The molecule has 0 spiro atoms. The highest BCUT2D eigenvalue weighted by molar-refractivity contribution is 8.14. The zero-order valence-corrected chi connectivity index (χ0v) is 21.0. The number of halogens is 5. The van der Waals surface area contributed by atoms with Gasteiger partial charge in [0.1, 0.15) is 30.2 Å². The molecule has 1 saturated heterocycles. The molecule has 0 aromatic heterocycles. The van der Waals surface area contributed by atoms with Crippen LogP contribution in [0.4, 0.5) is 26.7 Å². The third kappa shape index (κ3) is 6.67. The maximum absolute atomic E-state index is 15.2. The van der Waals surface area contributed by atoms with Crippen molar-refractivity contribution in [3.05, 3.63) is 35.1 Å². The molecule has 1 aromatic rings. The lowest BCUT2D eigenvalue weighted by Crippen LogP contribution is -2.54. The Morgan fingerprint density at radius 3 is 2.58 bits per heavy atom. The first-order valence-electron chi connectivity index (χ1n) is 11.2. The van der Waals surface area contributed by atoms with E-state index in [2.05, 4.69) is 10.3 Å². The molecule has 2 aliphatic heterocycles. The van der Waals surface area contributed by atoms with Crippen LogP contribution in [0.1, 0.15) is 50.0 Å². The first-order chi connectivity index (χ1) is 16.6. The summed E-state index contributed by atoms with van der Waals surface area (Å²) in [5.41, 5.74) is -2.73. The van der Waals surface area contributed by atoms with Gasteiger partial charge in [0.05, 0.1) is 12.7 Å². The Bertz CT molecular complexity index is 1030. The second-order valence-electron chi connectivity index (χ2n) is 9.74. The number of nitrogens with one attached hydrogen (secondary N) is 2. The number of hydrogen-bond donors (Lipinski definition) is 2. The summed E-state index contributed by atoms with van der Waals surface area (Å²) in [5.74, 6) is -2.45. The Labute approximate surface area is 209 Å².